The van der Waals surface area contributed by atoms with Gasteiger partial charge in [0.2, 0.25) is 0 Å². The number of ether oxygens (including phenoxy) is 1. The van der Waals surface area contributed by atoms with E-state index in [4.69, 9.17) is 9.15 Å². The van der Waals surface area contributed by atoms with Crippen LogP contribution in [-0.4, -0.2) is 44.7 Å². The van der Waals surface area contributed by atoms with Gasteiger partial charge in [0.15, 0.2) is 5.96 Å². The minimum absolute atomic E-state index is 0.218. The zero-order valence-electron chi connectivity index (χ0n) is 13.4. The number of hydrogen-bond donors (Lipinski definition) is 1. The molecule has 2 heterocycles. The van der Waals surface area contributed by atoms with Crippen LogP contribution >= 0.6 is 0 Å². The van der Waals surface area contributed by atoms with E-state index in [0.717, 1.165) is 42.4 Å². The van der Waals surface area contributed by atoms with E-state index < -0.39 is 0 Å². The van der Waals surface area contributed by atoms with Crippen LogP contribution in [0.1, 0.15) is 12.7 Å². The average Bonchev–Trinajstić information content (AvgIpc) is 2.88. The van der Waals surface area contributed by atoms with Crippen molar-refractivity contribution in [2.75, 3.05) is 33.9 Å². The van der Waals surface area contributed by atoms with E-state index in [-0.39, 0.29) is 5.41 Å². The quantitative estimate of drug-likeness (QED) is 0.696. The van der Waals surface area contributed by atoms with Crippen LogP contribution in [-0.2, 0) is 11.3 Å². The van der Waals surface area contributed by atoms with Crippen LogP contribution in [0.3, 0.4) is 0 Å². The molecule has 1 N–H and O–H groups in total. The van der Waals surface area contributed by atoms with Crippen LogP contribution in [0.4, 0.5) is 0 Å². The normalized spacial score (nSPS) is 17.3. The maximum Gasteiger partial charge on any atom is 0.193 e. The molecule has 5 heteroatoms. The molecule has 3 rings (SSSR count). The maximum atomic E-state index is 5.87. The van der Waals surface area contributed by atoms with Crippen molar-refractivity contribution in [3.8, 4) is 0 Å². The highest BCUT2D eigenvalue weighted by atomic mass is 16.5. The Labute approximate surface area is 131 Å². The van der Waals surface area contributed by atoms with Gasteiger partial charge in [-0.25, -0.2) is 0 Å². The number of nitrogens with zero attached hydrogens (tertiary/aromatic N) is 2. The lowest BCUT2D eigenvalue weighted by atomic mass is 9.89. The third-order valence-electron chi connectivity index (χ3n) is 4.02. The molecule has 1 aromatic carbocycles. The zero-order valence-corrected chi connectivity index (χ0v) is 13.4. The summed E-state index contributed by atoms with van der Waals surface area (Å²) in [6, 6.07) is 10.1. The van der Waals surface area contributed by atoms with Crippen molar-refractivity contribution in [2.24, 2.45) is 10.4 Å². The lowest BCUT2D eigenvalue weighted by Gasteiger charge is -2.39. The van der Waals surface area contributed by atoms with E-state index in [1.807, 2.05) is 25.2 Å². The molecule has 5 nitrogen and oxygen atoms in total. The second kappa shape index (κ2) is 6.01. The van der Waals surface area contributed by atoms with Gasteiger partial charge >= 0.3 is 0 Å². The van der Waals surface area contributed by atoms with E-state index in [9.17, 15) is 0 Å². The van der Waals surface area contributed by atoms with E-state index in [1.54, 1.807) is 7.05 Å². The monoisotopic (exact) mass is 301 g/mol. The predicted molar refractivity (Wildman–Crippen MR) is 88.0 cm³/mol. The first-order valence-electron chi connectivity index (χ1n) is 7.57. The number of hydrogen-bond acceptors (Lipinski definition) is 3. The molecule has 118 valence electrons. The predicted octanol–water partition coefficient (Wildman–Crippen LogP) is 2.48. The molecule has 1 fully saturated rings. The Morgan fingerprint density at radius 3 is 2.77 bits per heavy atom. The van der Waals surface area contributed by atoms with Crippen LogP contribution in [0.15, 0.2) is 39.7 Å². The Hall–Kier alpha value is -2.01. The van der Waals surface area contributed by atoms with Gasteiger partial charge in [0.25, 0.3) is 0 Å². The molecule has 0 atom stereocenters. The van der Waals surface area contributed by atoms with Gasteiger partial charge < -0.3 is 19.4 Å². The van der Waals surface area contributed by atoms with Crippen LogP contribution in [0.25, 0.3) is 11.0 Å². The van der Waals surface area contributed by atoms with Gasteiger partial charge in [-0.15, -0.1) is 0 Å². The van der Waals surface area contributed by atoms with Crippen molar-refractivity contribution in [3.63, 3.8) is 0 Å². The van der Waals surface area contributed by atoms with Gasteiger partial charge in [-0.3, -0.25) is 4.99 Å². The molecule has 0 radical (unpaired) electrons. The minimum Gasteiger partial charge on any atom is -0.459 e. The lowest BCUT2D eigenvalue weighted by Crippen LogP contribution is -2.51. The number of fused-ring (bicyclic) bond motifs is 1. The Morgan fingerprint density at radius 1 is 1.36 bits per heavy atom. The molecular weight excluding hydrogens is 278 g/mol. The zero-order chi connectivity index (χ0) is 15.6. The standard InChI is InChI=1S/C17H23N3O2/c1-17(11-21-12-17)10-19-16(18-2)20(3)9-14-8-13-6-4-5-7-15(13)22-14/h4-8H,9-12H2,1-3H3,(H,18,19). The topological polar surface area (TPSA) is 50.0 Å². The van der Waals surface area contributed by atoms with E-state index in [1.165, 1.54) is 0 Å². The van der Waals surface area contributed by atoms with Gasteiger partial charge in [0, 0.05) is 31.4 Å². The number of furan rings is 1. The van der Waals surface area contributed by atoms with Gasteiger partial charge in [-0.05, 0) is 12.1 Å². The fourth-order valence-corrected chi connectivity index (χ4v) is 2.65. The van der Waals surface area contributed by atoms with Crippen LogP contribution in [0.5, 0.6) is 0 Å². The highest BCUT2D eigenvalue weighted by molar-refractivity contribution is 5.80. The molecular formula is C17H23N3O2. The number of guanidine groups is 1. The molecule has 1 aliphatic heterocycles. The van der Waals surface area contributed by atoms with Crippen LogP contribution < -0.4 is 5.32 Å². The molecule has 0 aliphatic carbocycles. The highest BCUT2D eigenvalue weighted by Gasteiger charge is 2.33. The molecule has 0 unspecified atom stereocenters. The fraction of sp³-hybridized carbons (Fsp3) is 0.471. The highest BCUT2D eigenvalue weighted by Crippen LogP contribution is 2.25. The second-order valence-corrected chi connectivity index (χ2v) is 6.31. The molecule has 1 saturated heterocycles. The number of aliphatic imine (C=N–C) groups is 1. The third-order valence-corrected chi connectivity index (χ3v) is 4.02. The van der Waals surface area contributed by atoms with E-state index in [2.05, 4.69) is 34.3 Å². The third kappa shape index (κ3) is 3.09. The summed E-state index contributed by atoms with van der Waals surface area (Å²) >= 11 is 0. The van der Waals surface area contributed by atoms with E-state index in [0.29, 0.717) is 6.54 Å². The number of para-hydroxylation sites is 1. The number of benzene rings is 1. The van der Waals surface area contributed by atoms with Crippen molar-refractivity contribution in [3.05, 3.63) is 36.1 Å². The largest absolute Gasteiger partial charge is 0.459 e. The Kier molecular flexibility index (Phi) is 4.07. The first-order chi connectivity index (χ1) is 10.6. The Bertz CT molecular complexity index is 640. The van der Waals surface area contributed by atoms with E-state index >= 15 is 0 Å². The molecule has 1 aliphatic rings. The van der Waals surface area contributed by atoms with Crippen molar-refractivity contribution in [1.82, 2.24) is 10.2 Å². The molecule has 22 heavy (non-hydrogen) atoms. The van der Waals surface area contributed by atoms with Crippen molar-refractivity contribution in [1.29, 1.82) is 0 Å². The smallest absolute Gasteiger partial charge is 0.193 e. The van der Waals surface area contributed by atoms with Crippen LogP contribution in [0.2, 0.25) is 0 Å². The Morgan fingerprint density at radius 2 is 2.14 bits per heavy atom. The van der Waals surface area contributed by atoms with Crippen LogP contribution in [0, 0.1) is 5.41 Å². The molecule has 2 aromatic rings. The van der Waals surface area contributed by atoms with Crippen molar-refractivity contribution < 1.29 is 9.15 Å². The van der Waals surface area contributed by atoms with Gasteiger partial charge in [-0.2, -0.15) is 0 Å². The summed E-state index contributed by atoms with van der Waals surface area (Å²) in [4.78, 5) is 6.42. The first kappa shape index (κ1) is 14.9. The summed E-state index contributed by atoms with van der Waals surface area (Å²) in [5, 5.41) is 4.55. The first-order valence-corrected chi connectivity index (χ1v) is 7.57. The van der Waals surface area contributed by atoms with Crippen molar-refractivity contribution >= 4 is 16.9 Å². The summed E-state index contributed by atoms with van der Waals surface area (Å²) in [6.45, 7) is 5.39. The summed E-state index contributed by atoms with van der Waals surface area (Å²) < 4.78 is 11.2. The molecule has 0 bridgehead atoms. The fourth-order valence-electron chi connectivity index (χ4n) is 2.65. The molecule has 0 spiro atoms. The molecule has 0 amide bonds. The Balaban J connectivity index is 1.62. The molecule has 1 aromatic heterocycles. The van der Waals surface area contributed by atoms with Gasteiger partial charge in [-0.1, -0.05) is 25.1 Å². The second-order valence-electron chi connectivity index (χ2n) is 6.31. The lowest BCUT2D eigenvalue weighted by molar-refractivity contribution is -0.0972. The van der Waals surface area contributed by atoms with Gasteiger partial charge in [0.1, 0.15) is 11.3 Å². The summed E-state index contributed by atoms with van der Waals surface area (Å²) in [7, 11) is 3.82. The SMILES string of the molecule is CN=C(NCC1(C)COC1)N(C)Cc1cc2ccccc2o1. The van der Waals surface area contributed by atoms with Crippen molar-refractivity contribution in [2.45, 2.75) is 13.5 Å². The average molecular weight is 301 g/mol. The molecule has 0 saturated carbocycles. The summed E-state index contributed by atoms with van der Waals surface area (Å²) in [5.74, 6) is 1.80. The number of rotatable bonds is 4. The number of nitrogens with one attached hydrogen (secondary N) is 1. The van der Waals surface area contributed by atoms with Gasteiger partial charge in [0.05, 0.1) is 19.8 Å². The summed E-state index contributed by atoms with van der Waals surface area (Å²) in [5.41, 5.74) is 1.14. The summed E-state index contributed by atoms with van der Waals surface area (Å²) in [6.07, 6.45) is 0. The minimum atomic E-state index is 0.218. The maximum absolute atomic E-state index is 5.87.